The van der Waals surface area contributed by atoms with E-state index in [2.05, 4.69) is 10.3 Å². The first kappa shape index (κ1) is 9.96. The molecule has 0 saturated heterocycles. The number of carbonyl (C=O) groups excluding carboxylic acids is 1. The average molecular weight is 206 g/mol. The molecule has 4 heteroatoms. The van der Waals surface area contributed by atoms with E-state index in [0.29, 0.717) is 5.84 Å². The second-order valence-electron chi connectivity index (χ2n) is 3.66. The van der Waals surface area contributed by atoms with Crippen molar-refractivity contribution >= 4 is 11.7 Å². The molecule has 2 heterocycles. The van der Waals surface area contributed by atoms with Gasteiger partial charge in [0.15, 0.2) is 0 Å². The van der Waals surface area contributed by atoms with Crippen LogP contribution in [0.2, 0.25) is 0 Å². The van der Waals surface area contributed by atoms with E-state index in [9.17, 15) is 4.79 Å². The Labute approximate surface area is 88.4 Å². The average Bonchev–Trinajstić information content (AvgIpc) is 2.75. The summed E-state index contributed by atoms with van der Waals surface area (Å²) < 4.78 is 5.18. The molecule has 1 aromatic heterocycles. The van der Waals surface area contributed by atoms with Gasteiger partial charge >= 0.3 is 0 Å². The molecule has 80 valence electrons. The molecule has 1 N–H and O–H groups in total. The zero-order chi connectivity index (χ0) is 10.8. The van der Waals surface area contributed by atoms with Gasteiger partial charge in [0.1, 0.15) is 17.6 Å². The van der Waals surface area contributed by atoms with Crippen LogP contribution < -0.4 is 5.32 Å². The molecule has 0 aliphatic carbocycles. The molecule has 2 rings (SSSR count). The molecule has 1 amide bonds. The lowest BCUT2D eigenvalue weighted by atomic mass is 10.2. The van der Waals surface area contributed by atoms with Gasteiger partial charge in [0.25, 0.3) is 0 Å². The third-order valence-corrected chi connectivity index (χ3v) is 2.51. The fourth-order valence-corrected chi connectivity index (χ4v) is 1.68. The van der Waals surface area contributed by atoms with Crippen molar-refractivity contribution in [1.29, 1.82) is 0 Å². The van der Waals surface area contributed by atoms with Crippen molar-refractivity contribution in [3.63, 3.8) is 0 Å². The van der Waals surface area contributed by atoms with Crippen LogP contribution in [-0.2, 0) is 4.79 Å². The van der Waals surface area contributed by atoms with Gasteiger partial charge in [-0.15, -0.1) is 0 Å². The van der Waals surface area contributed by atoms with Crippen LogP contribution >= 0.6 is 0 Å². The predicted octanol–water partition coefficient (Wildman–Crippen LogP) is 1.63. The van der Waals surface area contributed by atoms with Crippen molar-refractivity contribution in [3.8, 4) is 0 Å². The normalized spacial score (nSPS) is 20.3. The number of amides is 1. The number of aryl methyl sites for hydroxylation is 1. The van der Waals surface area contributed by atoms with Crippen LogP contribution in [0.25, 0.3) is 0 Å². The third kappa shape index (κ3) is 1.79. The van der Waals surface area contributed by atoms with Crippen molar-refractivity contribution in [1.82, 2.24) is 5.32 Å². The summed E-state index contributed by atoms with van der Waals surface area (Å²) in [5.74, 6) is 1.42. The zero-order valence-electron chi connectivity index (χ0n) is 8.91. The molecular formula is C11H14N2O2. The van der Waals surface area contributed by atoms with Gasteiger partial charge in [-0.3, -0.25) is 9.79 Å². The molecule has 0 saturated carbocycles. The quantitative estimate of drug-likeness (QED) is 0.817. The summed E-state index contributed by atoms with van der Waals surface area (Å²) in [7, 11) is 0. The minimum Gasteiger partial charge on any atom is -0.469 e. The van der Waals surface area contributed by atoms with Gasteiger partial charge in [-0.05, 0) is 19.4 Å². The van der Waals surface area contributed by atoms with Crippen molar-refractivity contribution < 1.29 is 9.21 Å². The molecule has 0 radical (unpaired) electrons. The van der Waals surface area contributed by atoms with Gasteiger partial charge in [-0.1, -0.05) is 13.3 Å². The molecule has 1 unspecified atom stereocenters. The van der Waals surface area contributed by atoms with Crippen LogP contribution in [0.1, 0.15) is 31.1 Å². The molecule has 0 spiro atoms. The van der Waals surface area contributed by atoms with E-state index in [4.69, 9.17) is 4.42 Å². The van der Waals surface area contributed by atoms with E-state index < -0.39 is 0 Å². The number of carbonyl (C=O) groups is 1. The Morgan fingerprint density at radius 2 is 2.40 bits per heavy atom. The lowest BCUT2D eigenvalue weighted by Gasteiger charge is -1.99. The lowest BCUT2D eigenvalue weighted by molar-refractivity contribution is -0.120. The van der Waals surface area contributed by atoms with Crippen LogP contribution in [0.4, 0.5) is 0 Å². The van der Waals surface area contributed by atoms with Gasteiger partial charge < -0.3 is 9.73 Å². The standard InChI is InChI=1S/C11H14N2O2/c1-3-4-9-11(14)13-10(12-9)8-5-6-15-7(8)2/h5-6,9H,3-4H2,1-2H3,(H,12,13,14). The number of amidine groups is 1. The summed E-state index contributed by atoms with van der Waals surface area (Å²) in [4.78, 5) is 15.9. The van der Waals surface area contributed by atoms with Crippen molar-refractivity contribution in [2.75, 3.05) is 0 Å². The third-order valence-electron chi connectivity index (χ3n) is 2.51. The molecule has 1 aliphatic rings. The molecule has 4 nitrogen and oxygen atoms in total. The number of nitrogens with one attached hydrogen (secondary N) is 1. The first-order valence-electron chi connectivity index (χ1n) is 5.15. The van der Waals surface area contributed by atoms with Crippen LogP contribution in [0.5, 0.6) is 0 Å². The highest BCUT2D eigenvalue weighted by Gasteiger charge is 2.27. The Morgan fingerprint density at radius 1 is 1.60 bits per heavy atom. The minimum absolute atomic E-state index is 0.00699. The van der Waals surface area contributed by atoms with E-state index in [1.54, 1.807) is 6.26 Å². The Morgan fingerprint density at radius 3 is 3.00 bits per heavy atom. The number of hydrogen-bond donors (Lipinski definition) is 1. The highest BCUT2D eigenvalue weighted by molar-refractivity contribution is 6.14. The van der Waals surface area contributed by atoms with Gasteiger partial charge in [0, 0.05) is 0 Å². The van der Waals surface area contributed by atoms with Crippen molar-refractivity contribution in [3.05, 3.63) is 23.7 Å². The van der Waals surface area contributed by atoms with Crippen molar-refractivity contribution in [2.45, 2.75) is 32.7 Å². The maximum absolute atomic E-state index is 11.5. The summed E-state index contributed by atoms with van der Waals surface area (Å²) in [6.45, 7) is 3.90. The molecule has 1 atom stereocenters. The molecular weight excluding hydrogens is 192 g/mol. The first-order chi connectivity index (χ1) is 7.22. The molecule has 15 heavy (non-hydrogen) atoms. The molecule has 1 aliphatic heterocycles. The summed E-state index contributed by atoms with van der Waals surface area (Å²) in [6, 6.07) is 1.60. The maximum atomic E-state index is 11.5. The summed E-state index contributed by atoms with van der Waals surface area (Å²) in [6.07, 6.45) is 3.36. The fraction of sp³-hybridized carbons (Fsp3) is 0.455. The topological polar surface area (TPSA) is 54.6 Å². The Kier molecular flexibility index (Phi) is 2.58. The number of rotatable bonds is 3. The van der Waals surface area contributed by atoms with E-state index in [1.807, 2.05) is 19.9 Å². The van der Waals surface area contributed by atoms with E-state index in [1.165, 1.54) is 0 Å². The SMILES string of the molecule is CCCC1N=C(c2ccoc2C)NC1=O. The van der Waals surface area contributed by atoms with Crippen molar-refractivity contribution in [2.24, 2.45) is 4.99 Å². The second kappa shape index (κ2) is 3.88. The molecule has 0 fully saturated rings. The summed E-state index contributed by atoms with van der Waals surface area (Å²) in [5, 5.41) is 2.78. The second-order valence-corrected chi connectivity index (χ2v) is 3.66. The number of furan rings is 1. The smallest absolute Gasteiger partial charge is 0.250 e. The highest BCUT2D eigenvalue weighted by Crippen LogP contribution is 2.15. The van der Waals surface area contributed by atoms with E-state index in [-0.39, 0.29) is 11.9 Å². The highest BCUT2D eigenvalue weighted by atomic mass is 16.3. The number of nitrogens with zero attached hydrogens (tertiary/aromatic N) is 1. The van der Waals surface area contributed by atoms with Crippen LogP contribution in [0, 0.1) is 6.92 Å². The van der Waals surface area contributed by atoms with E-state index >= 15 is 0 Å². The van der Waals surface area contributed by atoms with Gasteiger partial charge in [0.05, 0.1) is 11.8 Å². The summed E-state index contributed by atoms with van der Waals surface area (Å²) >= 11 is 0. The van der Waals surface area contributed by atoms with E-state index in [0.717, 1.165) is 24.2 Å². The molecule has 0 aromatic carbocycles. The van der Waals surface area contributed by atoms with Gasteiger partial charge in [0.2, 0.25) is 5.91 Å². The van der Waals surface area contributed by atoms with Crippen LogP contribution in [0.3, 0.4) is 0 Å². The van der Waals surface area contributed by atoms with Crippen LogP contribution in [-0.4, -0.2) is 17.8 Å². The maximum Gasteiger partial charge on any atom is 0.250 e. The largest absolute Gasteiger partial charge is 0.469 e. The first-order valence-corrected chi connectivity index (χ1v) is 5.15. The number of aliphatic imine (C=N–C) groups is 1. The lowest BCUT2D eigenvalue weighted by Crippen LogP contribution is -2.29. The summed E-state index contributed by atoms with van der Waals surface area (Å²) in [5.41, 5.74) is 0.877. The Balaban J connectivity index is 2.22. The van der Waals surface area contributed by atoms with Crippen LogP contribution in [0.15, 0.2) is 21.7 Å². The predicted molar refractivity (Wildman–Crippen MR) is 56.8 cm³/mol. The number of hydrogen-bond acceptors (Lipinski definition) is 3. The van der Waals surface area contributed by atoms with Gasteiger partial charge in [-0.25, -0.2) is 0 Å². The molecule has 1 aromatic rings. The van der Waals surface area contributed by atoms with Gasteiger partial charge in [-0.2, -0.15) is 0 Å². The minimum atomic E-state index is -0.223. The fourth-order valence-electron chi connectivity index (χ4n) is 1.68. The molecule has 0 bridgehead atoms. The monoisotopic (exact) mass is 206 g/mol. The Bertz CT molecular complexity index is 406. The Hall–Kier alpha value is -1.58. The zero-order valence-corrected chi connectivity index (χ0v) is 8.91.